The van der Waals surface area contributed by atoms with E-state index in [1.807, 2.05) is 19.1 Å². The second-order valence-electron chi connectivity index (χ2n) is 5.71. The minimum Gasteiger partial charge on any atom is -0.483 e. The van der Waals surface area contributed by atoms with Crippen LogP contribution in [0.5, 0.6) is 5.75 Å². The lowest BCUT2D eigenvalue weighted by molar-refractivity contribution is -0.130. The number of hydrogen-bond donors (Lipinski definition) is 0. The molecule has 7 heteroatoms. The van der Waals surface area contributed by atoms with Crippen LogP contribution in [-0.2, 0) is 11.3 Å². The average molecular weight is 436 g/mol. The highest BCUT2D eigenvalue weighted by Crippen LogP contribution is 2.36. The van der Waals surface area contributed by atoms with Gasteiger partial charge in [0.05, 0.1) is 6.54 Å². The second-order valence-corrected chi connectivity index (χ2v) is 6.73. The molecule has 124 valence electrons. The van der Waals surface area contributed by atoms with Crippen molar-refractivity contribution in [3.63, 3.8) is 0 Å². The van der Waals surface area contributed by atoms with E-state index in [-0.39, 0.29) is 12.5 Å². The second kappa shape index (κ2) is 6.84. The SMILES string of the molecule is Cc1ncc(-c2cc3c(cc2OCC(=O)N(C)C)CN=C3I)cn1. The van der Waals surface area contributed by atoms with Crippen molar-refractivity contribution in [3.05, 3.63) is 41.5 Å². The summed E-state index contributed by atoms with van der Waals surface area (Å²) in [6.45, 7) is 2.47. The van der Waals surface area contributed by atoms with Crippen molar-refractivity contribution >= 4 is 32.2 Å². The van der Waals surface area contributed by atoms with Crippen LogP contribution in [0.2, 0.25) is 0 Å². The van der Waals surface area contributed by atoms with E-state index in [9.17, 15) is 4.79 Å². The number of likely N-dealkylation sites (N-methyl/N-ethyl adjacent to an activating group) is 1. The molecule has 0 saturated heterocycles. The van der Waals surface area contributed by atoms with Gasteiger partial charge >= 0.3 is 0 Å². The Hall–Kier alpha value is -2.03. The Kier molecular flexibility index (Phi) is 4.79. The maximum Gasteiger partial charge on any atom is 0.259 e. The molecule has 1 aromatic carbocycles. The first-order valence-corrected chi connectivity index (χ1v) is 8.53. The maximum absolute atomic E-state index is 11.8. The Morgan fingerprint density at radius 1 is 1.25 bits per heavy atom. The molecule has 6 nitrogen and oxygen atoms in total. The molecule has 1 amide bonds. The highest BCUT2D eigenvalue weighted by molar-refractivity contribution is 14.1. The van der Waals surface area contributed by atoms with Crippen molar-refractivity contribution in [2.45, 2.75) is 13.5 Å². The number of amides is 1. The van der Waals surface area contributed by atoms with Crippen LogP contribution in [0.1, 0.15) is 17.0 Å². The van der Waals surface area contributed by atoms with Crippen molar-refractivity contribution in [3.8, 4) is 16.9 Å². The molecular formula is C17H17IN4O2. The summed E-state index contributed by atoms with van der Waals surface area (Å²) in [5, 5.41) is 0. The van der Waals surface area contributed by atoms with Crippen LogP contribution in [0.3, 0.4) is 0 Å². The van der Waals surface area contributed by atoms with E-state index in [1.54, 1.807) is 26.5 Å². The van der Waals surface area contributed by atoms with Gasteiger partial charge in [0.25, 0.3) is 5.91 Å². The highest BCUT2D eigenvalue weighted by Gasteiger charge is 2.19. The largest absolute Gasteiger partial charge is 0.483 e. The van der Waals surface area contributed by atoms with Crippen molar-refractivity contribution in [2.24, 2.45) is 4.99 Å². The summed E-state index contributed by atoms with van der Waals surface area (Å²) in [6.07, 6.45) is 3.54. The van der Waals surface area contributed by atoms with Crippen LogP contribution in [-0.4, -0.2) is 45.2 Å². The monoisotopic (exact) mass is 436 g/mol. The van der Waals surface area contributed by atoms with Crippen molar-refractivity contribution in [2.75, 3.05) is 20.7 Å². The van der Waals surface area contributed by atoms with E-state index in [0.29, 0.717) is 18.1 Å². The molecule has 2 heterocycles. The summed E-state index contributed by atoms with van der Waals surface area (Å²) in [5.41, 5.74) is 3.92. The molecule has 24 heavy (non-hydrogen) atoms. The van der Waals surface area contributed by atoms with Gasteiger partial charge in [-0.3, -0.25) is 9.79 Å². The van der Waals surface area contributed by atoms with E-state index in [2.05, 4.69) is 37.6 Å². The number of halogens is 1. The summed E-state index contributed by atoms with van der Waals surface area (Å²) >= 11 is 2.23. The molecule has 1 aliphatic rings. The zero-order chi connectivity index (χ0) is 17.3. The van der Waals surface area contributed by atoms with Gasteiger partial charge in [0, 0.05) is 43.2 Å². The fourth-order valence-corrected chi connectivity index (χ4v) is 3.00. The van der Waals surface area contributed by atoms with Crippen LogP contribution in [0.25, 0.3) is 11.1 Å². The summed E-state index contributed by atoms with van der Waals surface area (Å²) in [4.78, 5) is 26.3. The molecule has 1 aromatic heterocycles. The molecule has 3 rings (SSSR count). The fraction of sp³-hybridized carbons (Fsp3) is 0.294. The van der Waals surface area contributed by atoms with Gasteiger partial charge in [-0.15, -0.1) is 0 Å². The Balaban J connectivity index is 2.00. The normalized spacial score (nSPS) is 12.6. The summed E-state index contributed by atoms with van der Waals surface area (Å²) in [5.74, 6) is 1.27. The number of hydrogen-bond acceptors (Lipinski definition) is 5. The quantitative estimate of drug-likeness (QED) is 0.692. The Morgan fingerprint density at radius 2 is 1.96 bits per heavy atom. The lowest BCUT2D eigenvalue weighted by Gasteiger charge is -2.15. The van der Waals surface area contributed by atoms with Gasteiger partial charge in [0.2, 0.25) is 0 Å². The number of aryl methyl sites for hydroxylation is 1. The van der Waals surface area contributed by atoms with Gasteiger partial charge in [-0.1, -0.05) is 0 Å². The molecular weight excluding hydrogens is 419 g/mol. The van der Waals surface area contributed by atoms with Gasteiger partial charge < -0.3 is 9.64 Å². The first-order chi connectivity index (χ1) is 11.5. The standard InChI is InChI=1S/C17H17IN4O2/c1-10-19-7-12(8-20-10)13-5-14-11(6-21-17(14)18)4-15(13)24-9-16(23)22(2)3/h4-5,7-8H,6,9H2,1-3H3. The average Bonchev–Trinajstić information content (AvgIpc) is 2.93. The number of rotatable bonds is 4. The van der Waals surface area contributed by atoms with Gasteiger partial charge in [-0.05, 0) is 47.2 Å². The van der Waals surface area contributed by atoms with Crippen LogP contribution in [0, 0.1) is 6.92 Å². The lowest BCUT2D eigenvalue weighted by atomic mass is 10.0. The Morgan fingerprint density at radius 3 is 2.62 bits per heavy atom. The molecule has 0 fully saturated rings. The molecule has 0 saturated carbocycles. The molecule has 0 bridgehead atoms. The minimum absolute atomic E-state index is 0.0105. The number of aliphatic imine (C=N–C) groups is 1. The van der Waals surface area contributed by atoms with E-state index in [4.69, 9.17) is 4.74 Å². The number of benzene rings is 1. The smallest absolute Gasteiger partial charge is 0.259 e. The summed E-state index contributed by atoms with van der Waals surface area (Å²) in [7, 11) is 3.42. The maximum atomic E-state index is 11.8. The van der Waals surface area contributed by atoms with E-state index >= 15 is 0 Å². The van der Waals surface area contributed by atoms with E-state index in [1.165, 1.54) is 4.90 Å². The molecule has 0 radical (unpaired) electrons. The molecule has 0 atom stereocenters. The predicted octanol–water partition coefficient (Wildman–Crippen LogP) is 2.61. The summed E-state index contributed by atoms with van der Waals surface area (Å²) in [6, 6.07) is 4.00. The van der Waals surface area contributed by atoms with Crippen LogP contribution >= 0.6 is 22.6 Å². The van der Waals surface area contributed by atoms with Gasteiger partial charge in [0.1, 0.15) is 15.3 Å². The first kappa shape index (κ1) is 16.8. The third-order valence-corrected chi connectivity index (χ3v) is 4.68. The molecule has 0 aliphatic carbocycles. The minimum atomic E-state index is -0.0903. The van der Waals surface area contributed by atoms with Gasteiger partial charge in [-0.25, -0.2) is 9.97 Å². The van der Waals surface area contributed by atoms with Gasteiger partial charge in [-0.2, -0.15) is 0 Å². The van der Waals surface area contributed by atoms with Crippen molar-refractivity contribution in [1.82, 2.24) is 14.9 Å². The zero-order valence-corrected chi connectivity index (χ0v) is 15.9. The summed E-state index contributed by atoms with van der Waals surface area (Å²) < 4.78 is 6.78. The number of carbonyl (C=O) groups excluding carboxylic acids is 1. The number of ether oxygens (including phenoxy) is 1. The lowest BCUT2D eigenvalue weighted by Crippen LogP contribution is -2.27. The first-order valence-electron chi connectivity index (χ1n) is 7.45. The number of nitrogens with zero attached hydrogens (tertiary/aromatic N) is 4. The number of fused-ring (bicyclic) bond motifs is 1. The Bertz CT molecular complexity index is 816. The van der Waals surface area contributed by atoms with Crippen LogP contribution < -0.4 is 4.74 Å². The van der Waals surface area contributed by atoms with Crippen LogP contribution in [0.15, 0.2) is 29.5 Å². The van der Waals surface area contributed by atoms with Crippen molar-refractivity contribution in [1.29, 1.82) is 0 Å². The third kappa shape index (κ3) is 3.40. The molecule has 2 aromatic rings. The van der Waals surface area contributed by atoms with E-state index < -0.39 is 0 Å². The molecule has 0 spiro atoms. The Labute approximate surface area is 154 Å². The zero-order valence-electron chi connectivity index (χ0n) is 13.7. The molecule has 0 unspecified atom stereocenters. The van der Waals surface area contributed by atoms with Gasteiger partial charge in [0.15, 0.2) is 6.61 Å². The molecule has 0 N–H and O–H groups in total. The highest BCUT2D eigenvalue weighted by atomic mass is 127. The topological polar surface area (TPSA) is 67.7 Å². The van der Waals surface area contributed by atoms with Crippen molar-refractivity contribution < 1.29 is 9.53 Å². The number of aromatic nitrogens is 2. The third-order valence-electron chi connectivity index (χ3n) is 3.76. The fourth-order valence-electron chi connectivity index (χ4n) is 2.33. The van der Waals surface area contributed by atoms with Crippen LogP contribution in [0.4, 0.5) is 0 Å². The predicted molar refractivity (Wildman–Crippen MR) is 101 cm³/mol. The van der Waals surface area contributed by atoms with E-state index in [0.717, 1.165) is 26.0 Å². The number of carbonyl (C=O) groups is 1. The molecule has 1 aliphatic heterocycles.